The van der Waals surface area contributed by atoms with Gasteiger partial charge in [0.15, 0.2) is 0 Å². The molecule has 102 valence electrons. The van der Waals surface area contributed by atoms with Crippen LogP contribution in [0.4, 0.5) is 0 Å². The van der Waals surface area contributed by atoms with Crippen molar-refractivity contribution in [3.8, 4) is 0 Å². The molecule has 0 aromatic carbocycles. The highest BCUT2D eigenvalue weighted by atomic mass is 32.2. The number of aryl methyl sites for hydroxylation is 2. The fraction of sp³-hybridized carbons (Fsp3) is 0.786. The van der Waals surface area contributed by atoms with Crippen LogP contribution in [0.25, 0.3) is 0 Å². The minimum absolute atomic E-state index is 0.392. The lowest BCUT2D eigenvalue weighted by molar-refractivity contribution is 0.406. The Morgan fingerprint density at radius 3 is 2.72 bits per heavy atom. The van der Waals surface area contributed by atoms with Crippen molar-refractivity contribution in [2.75, 3.05) is 12.3 Å². The molecule has 2 heterocycles. The van der Waals surface area contributed by atoms with Crippen LogP contribution in [0.15, 0.2) is 0 Å². The second-order valence-corrected chi connectivity index (χ2v) is 8.25. The second-order valence-electron chi connectivity index (χ2n) is 5.33. The number of thioether (sulfide) groups is 1. The molecule has 0 radical (unpaired) electrons. The molecule has 1 fully saturated rings. The van der Waals surface area contributed by atoms with E-state index in [0.717, 1.165) is 13.0 Å². The Balaban J connectivity index is 2.10. The Labute approximate surface area is 119 Å². The van der Waals surface area contributed by atoms with Gasteiger partial charge in [0.1, 0.15) is 0 Å². The van der Waals surface area contributed by atoms with Gasteiger partial charge in [0.05, 0.1) is 10.7 Å². The summed E-state index contributed by atoms with van der Waals surface area (Å²) in [6, 6.07) is 0.556. The summed E-state index contributed by atoms with van der Waals surface area (Å²) in [6.45, 7) is 9.96. The van der Waals surface area contributed by atoms with Gasteiger partial charge in [-0.2, -0.15) is 11.8 Å². The summed E-state index contributed by atoms with van der Waals surface area (Å²) in [7, 11) is 0. The van der Waals surface area contributed by atoms with Crippen molar-refractivity contribution in [1.82, 2.24) is 10.3 Å². The lowest BCUT2D eigenvalue weighted by atomic mass is 9.93. The lowest BCUT2D eigenvalue weighted by Crippen LogP contribution is -2.46. The highest BCUT2D eigenvalue weighted by molar-refractivity contribution is 8.00. The van der Waals surface area contributed by atoms with E-state index in [1.807, 2.05) is 11.3 Å². The van der Waals surface area contributed by atoms with E-state index in [1.54, 1.807) is 0 Å². The molecule has 0 saturated carbocycles. The normalized spacial score (nSPS) is 25.6. The van der Waals surface area contributed by atoms with Gasteiger partial charge in [0.2, 0.25) is 0 Å². The molecule has 0 amide bonds. The smallest absolute Gasteiger partial charge is 0.0946 e. The Hall–Kier alpha value is -0.0600. The Morgan fingerprint density at radius 2 is 2.22 bits per heavy atom. The van der Waals surface area contributed by atoms with Gasteiger partial charge in [0, 0.05) is 22.1 Å². The maximum absolute atomic E-state index is 4.70. The summed E-state index contributed by atoms with van der Waals surface area (Å²) in [4.78, 5) is 6.07. The fourth-order valence-electron chi connectivity index (χ4n) is 2.63. The Morgan fingerprint density at radius 1 is 1.44 bits per heavy atom. The zero-order valence-corrected chi connectivity index (χ0v) is 13.5. The largest absolute Gasteiger partial charge is 0.312 e. The molecule has 0 bridgehead atoms. The van der Waals surface area contributed by atoms with Crippen molar-refractivity contribution < 1.29 is 0 Å². The van der Waals surface area contributed by atoms with Gasteiger partial charge in [-0.15, -0.1) is 11.3 Å². The maximum atomic E-state index is 4.70. The highest BCUT2D eigenvalue weighted by Crippen LogP contribution is 2.41. The van der Waals surface area contributed by atoms with Crippen molar-refractivity contribution in [3.05, 3.63) is 15.6 Å². The molecule has 0 spiro atoms. The number of aromatic nitrogens is 1. The zero-order valence-electron chi connectivity index (χ0n) is 11.9. The van der Waals surface area contributed by atoms with Gasteiger partial charge in [0.25, 0.3) is 0 Å². The van der Waals surface area contributed by atoms with E-state index < -0.39 is 0 Å². The first-order chi connectivity index (χ1) is 8.55. The van der Waals surface area contributed by atoms with Gasteiger partial charge in [-0.3, -0.25) is 0 Å². The van der Waals surface area contributed by atoms with Gasteiger partial charge >= 0.3 is 0 Å². The van der Waals surface area contributed by atoms with Crippen LogP contribution >= 0.6 is 23.1 Å². The number of nitrogens with zero attached hydrogens (tertiary/aromatic N) is 1. The molecule has 1 saturated heterocycles. The average Bonchev–Trinajstić information content (AvgIpc) is 2.87. The highest BCUT2D eigenvalue weighted by Gasteiger charge is 2.37. The molecule has 2 nitrogen and oxygen atoms in total. The Bertz CT molecular complexity index is 375. The zero-order chi connectivity index (χ0) is 13.2. The third-order valence-corrected chi connectivity index (χ3v) is 6.62. The van der Waals surface area contributed by atoms with Crippen molar-refractivity contribution >= 4 is 23.1 Å². The van der Waals surface area contributed by atoms with Gasteiger partial charge in [-0.1, -0.05) is 6.92 Å². The molecular weight excluding hydrogens is 260 g/mol. The van der Waals surface area contributed by atoms with Crippen LogP contribution in [0, 0.1) is 13.8 Å². The average molecular weight is 284 g/mol. The van der Waals surface area contributed by atoms with Crippen LogP contribution in [0.2, 0.25) is 0 Å². The van der Waals surface area contributed by atoms with Gasteiger partial charge < -0.3 is 5.32 Å². The van der Waals surface area contributed by atoms with Crippen LogP contribution in [-0.4, -0.2) is 28.1 Å². The third-order valence-electron chi connectivity index (χ3n) is 3.89. The van der Waals surface area contributed by atoms with E-state index in [-0.39, 0.29) is 0 Å². The number of hydrogen-bond acceptors (Lipinski definition) is 4. The molecule has 2 unspecified atom stereocenters. The van der Waals surface area contributed by atoms with Gasteiger partial charge in [-0.05, 0) is 45.9 Å². The van der Waals surface area contributed by atoms with Crippen LogP contribution in [0.1, 0.15) is 42.3 Å². The van der Waals surface area contributed by atoms with Gasteiger partial charge in [-0.25, -0.2) is 4.98 Å². The molecule has 0 aliphatic carbocycles. The molecule has 2 atom stereocenters. The minimum atomic E-state index is 0.392. The standard InChI is InChI=1S/C14H24N2S2/c1-5-15-12(14(4)7-6-8-17-14)9-13-16-10(2)11(3)18-13/h12,15H,5-9H2,1-4H3. The number of rotatable bonds is 5. The number of nitrogens with one attached hydrogen (secondary N) is 1. The molecule has 1 aromatic rings. The first kappa shape index (κ1) is 14.4. The lowest BCUT2D eigenvalue weighted by Gasteiger charge is -2.33. The SMILES string of the molecule is CCNC(Cc1nc(C)c(C)s1)C1(C)CCCS1. The Kier molecular flexibility index (Phi) is 4.73. The molecule has 1 N–H and O–H groups in total. The van der Waals surface area contributed by atoms with E-state index in [0.29, 0.717) is 10.8 Å². The topological polar surface area (TPSA) is 24.9 Å². The van der Waals surface area contributed by atoms with Crippen LogP contribution in [0.3, 0.4) is 0 Å². The predicted octanol–water partition coefficient (Wildman–Crippen LogP) is 3.57. The van der Waals surface area contributed by atoms with Crippen LogP contribution in [-0.2, 0) is 6.42 Å². The molecule has 1 aromatic heterocycles. The van der Waals surface area contributed by atoms with Crippen molar-refractivity contribution in [2.24, 2.45) is 0 Å². The summed E-state index contributed by atoms with van der Waals surface area (Å²) >= 11 is 4.00. The molecular formula is C14H24N2S2. The summed E-state index contributed by atoms with van der Waals surface area (Å²) in [5.41, 5.74) is 1.20. The molecule has 4 heteroatoms. The van der Waals surface area contributed by atoms with Crippen molar-refractivity contribution in [3.63, 3.8) is 0 Å². The quantitative estimate of drug-likeness (QED) is 0.895. The summed E-state index contributed by atoms with van der Waals surface area (Å²) in [5.74, 6) is 1.31. The fourth-order valence-corrected chi connectivity index (χ4v) is 5.02. The summed E-state index contributed by atoms with van der Waals surface area (Å²) < 4.78 is 0.392. The van der Waals surface area contributed by atoms with Crippen molar-refractivity contribution in [1.29, 1.82) is 0 Å². The minimum Gasteiger partial charge on any atom is -0.312 e. The molecule has 1 aliphatic heterocycles. The predicted molar refractivity (Wildman–Crippen MR) is 82.9 cm³/mol. The van der Waals surface area contributed by atoms with E-state index in [2.05, 4.69) is 44.8 Å². The number of hydrogen-bond donors (Lipinski definition) is 1. The number of likely N-dealkylation sites (N-methyl/N-ethyl adjacent to an activating group) is 1. The molecule has 2 rings (SSSR count). The molecule has 1 aliphatic rings. The van der Waals surface area contributed by atoms with E-state index in [1.165, 1.54) is 34.2 Å². The summed E-state index contributed by atoms with van der Waals surface area (Å²) in [6.07, 6.45) is 3.77. The third kappa shape index (κ3) is 3.09. The summed E-state index contributed by atoms with van der Waals surface area (Å²) in [5, 5.41) is 4.98. The number of thiazole rings is 1. The first-order valence-electron chi connectivity index (χ1n) is 6.85. The molecule has 18 heavy (non-hydrogen) atoms. The second kappa shape index (κ2) is 5.93. The maximum Gasteiger partial charge on any atom is 0.0946 e. The first-order valence-corrected chi connectivity index (χ1v) is 8.65. The van der Waals surface area contributed by atoms with E-state index in [4.69, 9.17) is 4.98 Å². The van der Waals surface area contributed by atoms with Crippen LogP contribution < -0.4 is 5.32 Å². The van der Waals surface area contributed by atoms with Crippen molar-refractivity contribution in [2.45, 2.75) is 57.7 Å². The monoisotopic (exact) mass is 284 g/mol. The van der Waals surface area contributed by atoms with Crippen LogP contribution in [0.5, 0.6) is 0 Å². The van der Waals surface area contributed by atoms with E-state index in [9.17, 15) is 0 Å². The van der Waals surface area contributed by atoms with E-state index >= 15 is 0 Å².